The Morgan fingerprint density at radius 1 is 0.437 bits per heavy atom. The van der Waals surface area contributed by atoms with E-state index < -0.39 is 6.85 Å². The van der Waals surface area contributed by atoms with Crippen LogP contribution in [0.15, 0.2) is 91.0 Å². The Morgan fingerprint density at radius 2 is 0.887 bits per heavy atom. The number of rotatable bonds is 2. The van der Waals surface area contributed by atoms with E-state index in [9.17, 15) is 4.11 Å². The first-order valence-electron chi connectivity index (χ1n) is 28.8. The highest BCUT2D eigenvalue weighted by Gasteiger charge is 2.50. The lowest BCUT2D eigenvalue weighted by molar-refractivity contribution is 0.332. The van der Waals surface area contributed by atoms with E-state index in [-0.39, 0.29) is 50.0 Å². The summed E-state index contributed by atoms with van der Waals surface area (Å²) in [5.41, 5.74) is 25.3. The van der Waals surface area contributed by atoms with E-state index in [4.69, 9.17) is 0 Å². The molecule has 0 N–H and O–H groups in total. The molecule has 0 fully saturated rings. The molecule has 0 saturated heterocycles. The molecule has 0 spiro atoms. The zero-order valence-electron chi connectivity index (χ0n) is 49.4. The van der Waals surface area contributed by atoms with Gasteiger partial charge in [-0.2, -0.15) is 0 Å². The Balaban J connectivity index is 1.26. The molecule has 6 aliphatic rings. The molecule has 0 unspecified atom stereocenters. The van der Waals surface area contributed by atoms with E-state index in [0.717, 1.165) is 61.3 Å². The van der Waals surface area contributed by atoms with Crippen molar-refractivity contribution in [3.05, 3.63) is 147 Å². The summed E-state index contributed by atoms with van der Waals surface area (Å²) in [4.78, 5) is 5.06. The number of aryl methyl sites for hydroxylation is 1. The molecular formula is C68H81BN2. The fraction of sp³-hybridized carbons (Fsp3) is 0.471. The molecule has 0 bridgehead atoms. The van der Waals surface area contributed by atoms with E-state index in [1.165, 1.54) is 89.0 Å². The topological polar surface area (TPSA) is 6.48 Å². The smallest absolute Gasteiger partial charge is 0.252 e. The standard InChI is InChI=1S/C68H81BN2/c1-40-31-57-60-58(32-40)71(42-33-44-43-21-19-20-22-45(43)68(17,18)59(44)52(35-42)61(2,3)4)56-39-51-49(65(11,12)28-30-67(51,15)16)37-54(56)69(60)53-36-48-50(66(13,14)29-27-64(48,9)10)38-55(53)70(57)41-23-24-46-47(34-41)63(7,8)26-25-62(46,5)6/h19-24,31-39H,25-30H2,1-18H3/i1D3. The minimum atomic E-state index is -2.37. The number of anilines is 6. The third-order valence-corrected chi connectivity index (χ3v) is 19.8. The van der Waals surface area contributed by atoms with E-state index in [1.807, 2.05) is 0 Å². The predicted molar refractivity (Wildman–Crippen MR) is 307 cm³/mol. The molecule has 366 valence electrons. The number of fused-ring (bicyclic) bond motifs is 10. The van der Waals surface area contributed by atoms with Gasteiger partial charge in [0.15, 0.2) is 0 Å². The zero-order chi connectivity index (χ0) is 53.2. The zero-order valence-corrected chi connectivity index (χ0v) is 46.4. The van der Waals surface area contributed by atoms with Crippen LogP contribution in [0.25, 0.3) is 11.1 Å². The minimum Gasteiger partial charge on any atom is -0.311 e. The molecule has 6 aromatic rings. The molecule has 0 saturated carbocycles. The van der Waals surface area contributed by atoms with Crippen LogP contribution in [0.2, 0.25) is 0 Å². The van der Waals surface area contributed by atoms with Crippen molar-refractivity contribution in [1.29, 1.82) is 0 Å². The van der Waals surface area contributed by atoms with E-state index in [0.29, 0.717) is 5.56 Å². The lowest BCUT2D eigenvalue weighted by Crippen LogP contribution is -2.62. The molecule has 2 heterocycles. The fourth-order valence-corrected chi connectivity index (χ4v) is 15.0. The molecule has 0 aromatic heterocycles. The van der Waals surface area contributed by atoms with Crippen LogP contribution >= 0.6 is 0 Å². The van der Waals surface area contributed by atoms with Crippen molar-refractivity contribution >= 4 is 57.2 Å². The third kappa shape index (κ3) is 6.58. The lowest BCUT2D eigenvalue weighted by Gasteiger charge is -2.49. The average Bonchev–Trinajstić information content (AvgIpc) is 3.54. The SMILES string of the molecule is [2H]C([2H])([2H])c1cc2c3c(c1)N(c1ccc4c(c1)C(C)(C)CCC4(C)C)c1cc4c(cc1B3c1cc3c(cc1N2c1cc2c(c(C(C)(C)C)c1)C(C)(C)c1ccccc1-2)C(C)(C)CCC3(C)C)C(C)(C)CCC4(C)C. The first-order valence-corrected chi connectivity index (χ1v) is 27.3. The van der Waals surface area contributed by atoms with Crippen LogP contribution < -0.4 is 26.2 Å². The molecule has 2 nitrogen and oxygen atoms in total. The summed E-state index contributed by atoms with van der Waals surface area (Å²) >= 11 is 0. The maximum absolute atomic E-state index is 9.36. The van der Waals surface area contributed by atoms with Gasteiger partial charge in [0, 0.05) is 43.7 Å². The summed E-state index contributed by atoms with van der Waals surface area (Å²) in [5.74, 6) is 0. The Bertz CT molecular complexity index is 3420. The lowest BCUT2D eigenvalue weighted by atomic mass is 9.32. The van der Waals surface area contributed by atoms with Crippen LogP contribution in [0, 0.1) is 6.85 Å². The largest absolute Gasteiger partial charge is 0.311 e. The van der Waals surface area contributed by atoms with Gasteiger partial charge in [0.2, 0.25) is 0 Å². The Morgan fingerprint density at radius 3 is 1.38 bits per heavy atom. The maximum Gasteiger partial charge on any atom is 0.252 e. The van der Waals surface area contributed by atoms with Gasteiger partial charge in [-0.1, -0.05) is 160 Å². The summed E-state index contributed by atoms with van der Waals surface area (Å²) in [7, 11) is 0. The second-order valence-corrected chi connectivity index (χ2v) is 28.8. The second-order valence-electron chi connectivity index (χ2n) is 28.8. The van der Waals surface area contributed by atoms with Gasteiger partial charge < -0.3 is 9.80 Å². The summed E-state index contributed by atoms with van der Waals surface area (Å²) in [6, 6.07) is 35.8. The fourth-order valence-electron chi connectivity index (χ4n) is 15.0. The van der Waals surface area contributed by atoms with E-state index in [2.05, 4.69) is 218 Å². The summed E-state index contributed by atoms with van der Waals surface area (Å²) in [6.07, 6.45) is 6.69. The Labute approximate surface area is 433 Å². The molecule has 12 rings (SSSR count). The molecule has 4 aliphatic carbocycles. The van der Waals surface area contributed by atoms with Gasteiger partial charge in [-0.3, -0.25) is 0 Å². The minimum absolute atomic E-state index is 0.0230. The summed E-state index contributed by atoms with van der Waals surface area (Å²) in [6.45, 7) is 38.6. The van der Waals surface area contributed by atoms with Crippen molar-refractivity contribution < 1.29 is 4.11 Å². The summed E-state index contributed by atoms with van der Waals surface area (Å²) < 4.78 is 28.1. The van der Waals surface area contributed by atoms with Crippen molar-refractivity contribution in [3.63, 3.8) is 0 Å². The van der Waals surface area contributed by atoms with Crippen LogP contribution in [0.4, 0.5) is 34.1 Å². The normalized spacial score (nSPS) is 22.3. The second kappa shape index (κ2) is 14.4. The Kier molecular flexibility index (Phi) is 8.83. The van der Waals surface area contributed by atoms with Gasteiger partial charge >= 0.3 is 0 Å². The van der Waals surface area contributed by atoms with Crippen molar-refractivity contribution in [2.75, 3.05) is 9.80 Å². The number of nitrogens with zero attached hydrogens (tertiary/aromatic N) is 2. The molecule has 0 amide bonds. The maximum atomic E-state index is 9.36. The molecule has 2 aliphatic heterocycles. The molecule has 6 aromatic carbocycles. The highest BCUT2D eigenvalue weighted by molar-refractivity contribution is 7.00. The molecule has 0 atom stereocenters. The molecule has 0 radical (unpaired) electrons. The van der Waals surface area contributed by atoms with E-state index in [1.54, 1.807) is 0 Å². The summed E-state index contributed by atoms with van der Waals surface area (Å²) in [5, 5.41) is 0. The number of benzene rings is 6. The van der Waals surface area contributed by atoms with Crippen LogP contribution in [0.5, 0.6) is 0 Å². The van der Waals surface area contributed by atoms with Gasteiger partial charge in [0.25, 0.3) is 6.71 Å². The van der Waals surface area contributed by atoms with Crippen LogP contribution in [-0.4, -0.2) is 6.71 Å². The van der Waals surface area contributed by atoms with Gasteiger partial charge in [0.05, 0.1) is 0 Å². The van der Waals surface area contributed by atoms with Crippen molar-refractivity contribution in [2.24, 2.45) is 0 Å². The third-order valence-electron chi connectivity index (χ3n) is 19.8. The Hall–Kier alpha value is -5.02. The predicted octanol–water partition coefficient (Wildman–Crippen LogP) is 16.7. The van der Waals surface area contributed by atoms with Gasteiger partial charge in [-0.25, -0.2) is 0 Å². The van der Waals surface area contributed by atoms with Gasteiger partial charge in [-0.15, -0.1) is 0 Å². The highest BCUT2D eigenvalue weighted by Crippen LogP contribution is 2.57. The molecular weight excluding hydrogens is 856 g/mol. The van der Waals surface area contributed by atoms with Crippen molar-refractivity contribution in [1.82, 2.24) is 0 Å². The average molecular weight is 940 g/mol. The molecule has 3 heteroatoms. The monoisotopic (exact) mass is 940 g/mol. The quantitative estimate of drug-likeness (QED) is 0.159. The highest BCUT2D eigenvalue weighted by atomic mass is 15.2. The number of hydrogen-bond donors (Lipinski definition) is 0. The van der Waals surface area contributed by atoms with Gasteiger partial charge in [-0.05, 0) is 215 Å². The van der Waals surface area contributed by atoms with Crippen molar-refractivity contribution in [3.8, 4) is 11.1 Å². The van der Waals surface area contributed by atoms with Crippen LogP contribution in [0.3, 0.4) is 0 Å². The number of hydrogen-bond acceptors (Lipinski definition) is 2. The van der Waals surface area contributed by atoms with Crippen LogP contribution in [-0.2, 0) is 43.3 Å². The van der Waals surface area contributed by atoms with E-state index >= 15 is 0 Å². The van der Waals surface area contributed by atoms with Crippen LogP contribution in [0.1, 0.15) is 216 Å². The first-order chi connectivity index (χ1) is 34.2. The van der Waals surface area contributed by atoms with Crippen molar-refractivity contribution in [2.45, 2.75) is 206 Å². The van der Waals surface area contributed by atoms with Gasteiger partial charge in [0.1, 0.15) is 0 Å². The first kappa shape index (κ1) is 43.6. The molecule has 71 heavy (non-hydrogen) atoms.